The highest BCUT2D eigenvalue weighted by atomic mass is 16.4. The predicted octanol–water partition coefficient (Wildman–Crippen LogP) is 3.41. The van der Waals surface area contributed by atoms with Crippen LogP contribution in [0.4, 0.5) is 5.69 Å². The van der Waals surface area contributed by atoms with Crippen molar-refractivity contribution in [2.24, 2.45) is 0 Å². The average molecular weight is 247 g/mol. The maximum Gasteiger partial charge on any atom is 0.328 e. The van der Waals surface area contributed by atoms with Gasteiger partial charge in [0.05, 0.1) is 0 Å². The fourth-order valence-corrected chi connectivity index (χ4v) is 1.97. The van der Waals surface area contributed by atoms with Gasteiger partial charge in [-0.1, -0.05) is 32.0 Å². The lowest BCUT2D eigenvalue weighted by molar-refractivity contribution is -0.131. The second-order valence-electron chi connectivity index (χ2n) is 4.22. The number of carboxylic acid groups (broad SMARTS) is 1. The zero-order valence-electron chi connectivity index (χ0n) is 11.1. The van der Waals surface area contributed by atoms with Crippen molar-refractivity contribution in [2.45, 2.75) is 26.7 Å². The van der Waals surface area contributed by atoms with E-state index in [1.54, 1.807) is 6.08 Å². The Morgan fingerprint density at radius 2 is 1.83 bits per heavy atom. The Labute approximate surface area is 109 Å². The molecule has 1 aromatic rings. The zero-order valence-corrected chi connectivity index (χ0v) is 11.1. The van der Waals surface area contributed by atoms with E-state index in [0.29, 0.717) is 0 Å². The molecular formula is C15H21NO2. The van der Waals surface area contributed by atoms with E-state index >= 15 is 0 Å². The summed E-state index contributed by atoms with van der Waals surface area (Å²) in [4.78, 5) is 12.9. The number of benzene rings is 1. The Hall–Kier alpha value is -1.77. The Morgan fingerprint density at radius 3 is 2.39 bits per heavy atom. The summed E-state index contributed by atoms with van der Waals surface area (Å²) in [5.74, 6) is -0.915. The van der Waals surface area contributed by atoms with E-state index in [1.807, 2.05) is 24.3 Å². The van der Waals surface area contributed by atoms with E-state index in [0.717, 1.165) is 37.2 Å². The lowest BCUT2D eigenvalue weighted by atomic mass is 10.1. The fraction of sp³-hybridized carbons (Fsp3) is 0.400. The smallest absolute Gasteiger partial charge is 0.328 e. The number of para-hydroxylation sites is 1. The first-order valence-corrected chi connectivity index (χ1v) is 6.44. The van der Waals surface area contributed by atoms with Crippen LogP contribution in [0.25, 0.3) is 6.08 Å². The molecule has 1 rings (SSSR count). The molecule has 0 saturated carbocycles. The number of anilines is 1. The van der Waals surface area contributed by atoms with Gasteiger partial charge in [0.1, 0.15) is 0 Å². The summed E-state index contributed by atoms with van der Waals surface area (Å²) in [5.41, 5.74) is 2.07. The molecule has 0 aromatic heterocycles. The summed E-state index contributed by atoms with van der Waals surface area (Å²) in [6, 6.07) is 7.92. The minimum atomic E-state index is -0.915. The summed E-state index contributed by atoms with van der Waals surface area (Å²) in [6.45, 7) is 6.29. The highest BCUT2D eigenvalue weighted by molar-refractivity contribution is 5.87. The molecule has 18 heavy (non-hydrogen) atoms. The summed E-state index contributed by atoms with van der Waals surface area (Å²) in [6.07, 6.45) is 5.01. The molecule has 0 fully saturated rings. The van der Waals surface area contributed by atoms with Crippen molar-refractivity contribution in [1.29, 1.82) is 0 Å². The van der Waals surface area contributed by atoms with Crippen LogP contribution in [0.2, 0.25) is 0 Å². The van der Waals surface area contributed by atoms with Gasteiger partial charge < -0.3 is 10.0 Å². The molecule has 0 aliphatic carbocycles. The van der Waals surface area contributed by atoms with E-state index in [4.69, 9.17) is 5.11 Å². The number of hydrogen-bond donors (Lipinski definition) is 1. The van der Waals surface area contributed by atoms with Gasteiger partial charge >= 0.3 is 5.97 Å². The SMILES string of the molecule is CCCN(CCC)c1ccccc1/C=C/C(=O)O. The number of nitrogens with zero attached hydrogens (tertiary/aromatic N) is 1. The van der Waals surface area contributed by atoms with Gasteiger partial charge in [0.15, 0.2) is 0 Å². The molecule has 0 bridgehead atoms. The first-order valence-electron chi connectivity index (χ1n) is 6.44. The Morgan fingerprint density at radius 1 is 1.22 bits per heavy atom. The molecule has 0 aliphatic heterocycles. The average Bonchev–Trinajstić information content (AvgIpc) is 2.36. The van der Waals surface area contributed by atoms with E-state index in [1.165, 1.54) is 6.08 Å². The lowest BCUT2D eigenvalue weighted by Gasteiger charge is -2.25. The summed E-state index contributed by atoms with van der Waals surface area (Å²) < 4.78 is 0. The third-order valence-electron chi connectivity index (χ3n) is 2.67. The van der Waals surface area contributed by atoms with Gasteiger partial charge in [0.2, 0.25) is 0 Å². The Balaban J connectivity index is 3.01. The molecule has 0 aliphatic rings. The summed E-state index contributed by atoms with van der Waals surface area (Å²) in [7, 11) is 0. The number of hydrogen-bond acceptors (Lipinski definition) is 2. The highest BCUT2D eigenvalue weighted by Crippen LogP contribution is 2.22. The van der Waals surface area contributed by atoms with Crippen molar-refractivity contribution in [2.75, 3.05) is 18.0 Å². The lowest BCUT2D eigenvalue weighted by Crippen LogP contribution is -2.25. The van der Waals surface area contributed by atoms with Crippen LogP contribution in [-0.4, -0.2) is 24.2 Å². The molecule has 3 nitrogen and oxygen atoms in total. The summed E-state index contributed by atoms with van der Waals surface area (Å²) in [5, 5.41) is 8.71. The Kier molecular flexibility index (Phi) is 5.98. The van der Waals surface area contributed by atoms with Crippen LogP contribution in [0.1, 0.15) is 32.3 Å². The fourth-order valence-electron chi connectivity index (χ4n) is 1.97. The minimum absolute atomic E-state index is 0.915. The number of carboxylic acids is 1. The van der Waals surface area contributed by atoms with E-state index in [-0.39, 0.29) is 0 Å². The molecule has 98 valence electrons. The molecule has 0 radical (unpaired) electrons. The maximum absolute atomic E-state index is 10.6. The van der Waals surface area contributed by atoms with Crippen molar-refractivity contribution in [3.05, 3.63) is 35.9 Å². The predicted molar refractivity (Wildman–Crippen MR) is 75.9 cm³/mol. The Bertz CT molecular complexity index is 407. The van der Waals surface area contributed by atoms with Crippen LogP contribution in [0.5, 0.6) is 0 Å². The van der Waals surface area contributed by atoms with Crippen molar-refractivity contribution in [3.8, 4) is 0 Å². The van der Waals surface area contributed by atoms with Gasteiger partial charge in [-0.15, -0.1) is 0 Å². The largest absolute Gasteiger partial charge is 0.478 e. The van der Waals surface area contributed by atoms with Gasteiger partial charge in [-0.2, -0.15) is 0 Å². The zero-order chi connectivity index (χ0) is 13.4. The van der Waals surface area contributed by atoms with Crippen molar-refractivity contribution < 1.29 is 9.90 Å². The molecule has 0 saturated heterocycles. The molecule has 0 amide bonds. The van der Waals surface area contributed by atoms with E-state index in [9.17, 15) is 4.79 Å². The molecular weight excluding hydrogens is 226 g/mol. The normalized spacial score (nSPS) is 10.8. The molecule has 0 heterocycles. The van der Waals surface area contributed by atoms with Crippen LogP contribution in [0.15, 0.2) is 30.3 Å². The third kappa shape index (κ3) is 4.24. The summed E-state index contributed by atoms with van der Waals surface area (Å²) >= 11 is 0. The molecule has 0 spiro atoms. The first-order chi connectivity index (χ1) is 8.69. The van der Waals surface area contributed by atoms with Gasteiger partial charge in [-0.25, -0.2) is 4.79 Å². The standard InChI is InChI=1S/C15H21NO2/c1-3-11-16(12-4-2)14-8-6-5-7-13(14)9-10-15(17)18/h5-10H,3-4,11-12H2,1-2H3,(H,17,18)/b10-9+. The molecule has 0 atom stereocenters. The van der Waals surface area contributed by atoms with Crippen molar-refractivity contribution in [3.63, 3.8) is 0 Å². The highest BCUT2D eigenvalue weighted by Gasteiger charge is 2.07. The topological polar surface area (TPSA) is 40.5 Å². The van der Waals surface area contributed by atoms with Gasteiger partial charge in [0.25, 0.3) is 0 Å². The number of rotatable bonds is 7. The van der Waals surface area contributed by atoms with Crippen LogP contribution < -0.4 is 4.90 Å². The second-order valence-corrected chi connectivity index (χ2v) is 4.22. The van der Waals surface area contributed by atoms with Crippen LogP contribution in [-0.2, 0) is 4.79 Å². The van der Waals surface area contributed by atoms with Crippen LogP contribution in [0.3, 0.4) is 0 Å². The molecule has 1 aromatic carbocycles. The van der Waals surface area contributed by atoms with Crippen LogP contribution >= 0.6 is 0 Å². The molecule has 3 heteroatoms. The number of carbonyl (C=O) groups is 1. The second kappa shape index (κ2) is 7.54. The van der Waals surface area contributed by atoms with Gasteiger partial charge in [-0.05, 0) is 30.5 Å². The quantitative estimate of drug-likeness (QED) is 0.751. The minimum Gasteiger partial charge on any atom is -0.478 e. The van der Waals surface area contributed by atoms with Crippen molar-refractivity contribution in [1.82, 2.24) is 0 Å². The van der Waals surface area contributed by atoms with Gasteiger partial charge in [-0.3, -0.25) is 0 Å². The van der Waals surface area contributed by atoms with E-state index in [2.05, 4.69) is 18.7 Å². The molecule has 0 unspecified atom stereocenters. The molecule has 1 N–H and O–H groups in total. The van der Waals surface area contributed by atoms with E-state index < -0.39 is 5.97 Å². The maximum atomic E-state index is 10.6. The monoisotopic (exact) mass is 247 g/mol. The third-order valence-corrected chi connectivity index (χ3v) is 2.67. The number of aliphatic carboxylic acids is 1. The van der Waals surface area contributed by atoms with Crippen molar-refractivity contribution >= 4 is 17.7 Å². The first kappa shape index (κ1) is 14.3. The van der Waals surface area contributed by atoms with Gasteiger partial charge in [0, 0.05) is 24.9 Å². The van der Waals surface area contributed by atoms with Crippen LogP contribution in [0, 0.1) is 0 Å².